The number of hydrogen-bond donors (Lipinski definition) is 0. The van der Waals surface area contributed by atoms with Crippen LogP contribution in [0.5, 0.6) is 0 Å². The van der Waals surface area contributed by atoms with Crippen molar-refractivity contribution in [2.24, 2.45) is 35.0 Å². The molecule has 0 heterocycles. The van der Waals surface area contributed by atoms with Crippen LogP contribution in [0.25, 0.3) is 0 Å². The van der Waals surface area contributed by atoms with Crippen molar-refractivity contribution in [2.75, 3.05) is 0 Å². The molecule has 0 N–H and O–H groups in total. The van der Waals surface area contributed by atoms with Gasteiger partial charge in [0, 0.05) is 5.92 Å². The highest BCUT2D eigenvalue weighted by Crippen LogP contribution is 2.47. The summed E-state index contributed by atoms with van der Waals surface area (Å²) in [5.74, 6) is -2.73. The zero-order chi connectivity index (χ0) is 16.2. The first kappa shape index (κ1) is 16.7. The zero-order valence-corrected chi connectivity index (χ0v) is 12.5. The van der Waals surface area contributed by atoms with Gasteiger partial charge in [-0.3, -0.25) is 4.79 Å². The molecule has 0 aromatic carbocycles. The Hall–Kier alpha value is -2.37. The van der Waals surface area contributed by atoms with Crippen molar-refractivity contribution in [2.45, 2.75) is 33.6 Å². The van der Waals surface area contributed by atoms with Crippen LogP contribution in [0.15, 0.2) is 0 Å². The number of nitriles is 4. The van der Waals surface area contributed by atoms with Crippen molar-refractivity contribution in [3.05, 3.63) is 0 Å². The first-order chi connectivity index (χ1) is 9.89. The standard InChI is InChI=1S/C16H18N4O/c1-10(2)13-5-4-11(3)14(15(13)21)16(8-19,9-20)12(6-17)7-18/h10-14H,4-5H2,1-3H3. The summed E-state index contributed by atoms with van der Waals surface area (Å²) in [6, 6.07) is 7.10. The molecule has 0 aromatic rings. The molecule has 0 amide bonds. The molecule has 21 heavy (non-hydrogen) atoms. The van der Waals surface area contributed by atoms with Gasteiger partial charge in [-0.25, -0.2) is 0 Å². The minimum Gasteiger partial charge on any atom is -0.299 e. The van der Waals surface area contributed by atoms with E-state index in [1.807, 2.05) is 32.9 Å². The Morgan fingerprint density at radius 3 is 2.00 bits per heavy atom. The Balaban J connectivity index is 3.41. The van der Waals surface area contributed by atoms with Crippen LogP contribution < -0.4 is 0 Å². The van der Waals surface area contributed by atoms with E-state index in [9.17, 15) is 15.3 Å². The highest BCUT2D eigenvalue weighted by molar-refractivity contribution is 5.86. The van der Waals surface area contributed by atoms with E-state index in [0.717, 1.165) is 6.42 Å². The summed E-state index contributed by atoms with van der Waals surface area (Å²) in [5, 5.41) is 37.2. The van der Waals surface area contributed by atoms with Crippen LogP contribution in [0.4, 0.5) is 0 Å². The lowest BCUT2D eigenvalue weighted by molar-refractivity contribution is -0.136. The number of carbonyl (C=O) groups excluding carboxylic acids is 1. The van der Waals surface area contributed by atoms with E-state index >= 15 is 0 Å². The Morgan fingerprint density at radius 2 is 1.62 bits per heavy atom. The lowest BCUT2D eigenvalue weighted by atomic mass is 9.57. The first-order valence-corrected chi connectivity index (χ1v) is 7.05. The molecule has 0 aliphatic heterocycles. The number of hydrogen-bond acceptors (Lipinski definition) is 5. The van der Waals surface area contributed by atoms with Gasteiger partial charge in [0.2, 0.25) is 0 Å². The van der Waals surface area contributed by atoms with Gasteiger partial charge < -0.3 is 0 Å². The number of ketones is 1. The van der Waals surface area contributed by atoms with Crippen LogP contribution in [-0.2, 0) is 4.79 Å². The SMILES string of the molecule is CC(C)C1CCC(C)C(C(C#N)(C#N)C(C#N)C#N)C1=O. The van der Waals surface area contributed by atoms with Crippen LogP contribution in [0, 0.1) is 80.3 Å². The second-order valence-corrected chi connectivity index (χ2v) is 6.07. The van der Waals surface area contributed by atoms with Gasteiger partial charge in [0.25, 0.3) is 0 Å². The van der Waals surface area contributed by atoms with Gasteiger partial charge in [0.15, 0.2) is 11.3 Å². The van der Waals surface area contributed by atoms with Crippen molar-refractivity contribution in [1.82, 2.24) is 0 Å². The van der Waals surface area contributed by atoms with Crippen molar-refractivity contribution < 1.29 is 4.79 Å². The van der Waals surface area contributed by atoms with E-state index in [4.69, 9.17) is 10.5 Å². The summed E-state index contributed by atoms with van der Waals surface area (Å²) in [5.41, 5.74) is -1.88. The van der Waals surface area contributed by atoms with Crippen molar-refractivity contribution in [3.63, 3.8) is 0 Å². The maximum absolute atomic E-state index is 12.8. The largest absolute Gasteiger partial charge is 0.299 e. The Bertz CT molecular complexity index is 553. The van der Waals surface area contributed by atoms with Crippen molar-refractivity contribution in [1.29, 1.82) is 21.0 Å². The number of carbonyl (C=O) groups is 1. The third kappa shape index (κ3) is 2.61. The molecule has 3 unspecified atom stereocenters. The maximum Gasteiger partial charge on any atom is 0.182 e. The van der Waals surface area contributed by atoms with Crippen LogP contribution in [0.3, 0.4) is 0 Å². The predicted molar refractivity (Wildman–Crippen MR) is 73.6 cm³/mol. The second-order valence-electron chi connectivity index (χ2n) is 6.07. The fourth-order valence-corrected chi connectivity index (χ4v) is 3.30. The topological polar surface area (TPSA) is 112 Å². The zero-order valence-electron chi connectivity index (χ0n) is 12.5. The lowest BCUT2D eigenvalue weighted by Crippen LogP contribution is -2.48. The summed E-state index contributed by atoms with van der Waals surface area (Å²) in [7, 11) is 0. The van der Waals surface area contributed by atoms with Crippen LogP contribution in [0.2, 0.25) is 0 Å². The molecule has 0 radical (unpaired) electrons. The molecule has 108 valence electrons. The number of rotatable bonds is 3. The van der Waals surface area contributed by atoms with Crippen LogP contribution in [-0.4, -0.2) is 5.78 Å². The summed E-state index contributed by atoms with van der Waals surface area (Å²) >= 11 is 0. The number of nitrogens with zero attached hydrogens (tertiary/aromatic N) is 4. The Morgan fingerprint density at radius 1 is 1.10 bits per heavy atom. The summed E-state index contributed by atoms with van der Waals surface area (Å²) < 4.78 is 0. The molecule has 0 bridgehead atoms. The molecule has 0 aromatic heterocycles. The Kier molecular flexibility index (Phi) is 5.07. The van der Waals surface area contributed by atoms with Gasteiger partial charge in [-0.05, 0) is 24.7 Å². The summed E-state index contributed by atoms with van der Waals surface area (Å²) in [6.07, 6.45) is 1.44. The average Bonchev–Trinajstić information content (AvgIpc) is 2.46. The van der Waals surface area contributed by atoms with Gasteiger partial charge >= 0.3 is 0 Å². The summed E-state index contributed by atoms with van der Waals surface area (Å²) in [6.45, 7) is 5.68. The molecule has 5 nitrogen and oxygen atoms in total. The minimum absolute atomic E-state index is 0.116. The highest BCUT2D eigenvalue weighted by Gasteiger charge is 2.55. The van der Waals surface area contributed by atoms with Crippen LogP contribution in [0.1, 0.15) is 33.6 Å². The molecule has 0 saturated heterocycles. The van der Waals surface area contributed by atoms with Gasteiger partial charge in [0.05, 0.1) is 30.2 Å². The number of Topliss-reactive ketones (excluding diaryl/α,β-unsaturated/α-hetero) is 1. The summed E-state index contributed by atoms with van der Waals surface area (Å²) in [4.78, 5) is 12.8. The van der Waals surface area contributed by atoms with Crippen LogP contribution >= 0.6 is 0 Å². The van der Waals surface area contributed by atoms with E-state index in [-0.39, 0.29) is 23.5 Å². The maximum atomic E-state index is 12.8. The monoisotopic (exact) mass is 282 g/mol. The predicted octanol–water partition coefficient (Wildman–Crippen LogP) is 2.57. The van der Waals surface area contributed by atoms with Gasteiger partial charge in [-0.1, -0.05) is 20.8 Å². The molecule has 1 rings (SSSR count). The quantitative estimate of drug-likeness (QED) is 0.789. The first-order valence-electron chi connectivity index (χ1n) is 7.05. The molecular weight excluding hydrogens is 264 g/mol. The molecule has 1 aliphatic rings. The lowest BCUT2D eigenvalue weighted by Gasteiger charge is -2.40. The minimum atomic E-state index is -1.88. The second kappa shape index (κ2) is 6.39. The van der Waals surface area contributed by atoms with E-state index < -0.39 is 17.3 Å². The molecule has 1 saturated carbocycles. The molecule has 3 atom stereocenters. The fourth-order valence-electron chi connectivity index (χ4n) is 3.30. The third-order valence-electron chi connectivity index (χ3n) is 4.55. The average molecular weight is 282 g/mol. The van der Waals surface area contributed by atoms with Gasteiger partial charge in [-0.15, -0.1) is 0 Å². The fraction of sp³-hybridized carbons (Fsp3) is 0.688. The van der Waals surface area contributed by atoms with Gasteiger partial charge in [-0.2, -0.15) is 21.0 Å². The van der Waals surface area contributed by atoms with E-state index in [1.165, 1.54) is 0 Å². The normalized spacial score (nSPS) is 25.8. The van der Waals surface area contributed by atoms with Gasteiger partial charge in [0.1, 0.15) is 5.78 Å². The highest BCUT2D eigenvalue weighted by atomic mass is 16.1. The molecule has 0 spiro atoms. The smallest absolute Gasteiger partial charge is 0.182 e. The van der Waals surface area contributed by atoms with E-state index in [1.54, 1.807) is 12.1 Å². The molecule has 1 aliphatic carbocycles. The van der Waals surface area contributed by atoms with E-state index in [0.29, 0.717) is 6.42 Å². The van der Waals surface area contributed by atoms with Crippen molar-refractivity contribution in [3.8, 4) is 24.3 Å². The molecule has 1 fully saturated rings. The van der Waals surface area contributed by atoms with Crippen molar-refractivity contribution >= 4 is 5.78 Å². The molecular formula is C16H18N4O. The molecule has 5 heteroatoms. The Labute approximate surface area is 125 Å². The third-order valence-corrected chi connectivity index (χ3v) is 4.55. The van der Waals surface area contributed by atoms with E-state index in [2.05, 4.69) is 0 Å².